The van der Waals surface area contributed by atoms with E-state index in [4.69, 9.17) is 9.47 Å². The van der Waals surface area contributed by atoms with Crippen LogP contribution in [0.1, 0.15) is 18.1 Å². The van der Waals surface area contributed by atoms with Crippen molar-refractivity contribution < 1.29 is 14.3 Å². The fraction of sp³-hybridized carbons (Fsp3) is 0.273. The first-order valence-electron chi connectivity index (χ1n) is 9.72. The molecule has 0 unspecified atom stereocenters. The molecular formula is C22H25N5O3S. The molecule has 0 aliphatic heterocycles. The lowest BCUT2D eigenvalue weighted by atomic mass is 10.1. The van der Waals surface area contributed by atoms with Crippen molar-refractivity contribution in [1.29, 1.82) is 0 Å². The number of rotatable bonds is 9. The summed E-state index contributed by atoms with van der Waals surface area (Å²) in [5.41, 5.74) is 5.44. The summed E-state index contributed by atoms with van der Waals surface area (Å²) < 4.78 is 12.5. The normalized spacial score (nSPS) is 11.0. The SMILES string of the molecule is CCn1c(SCC(=O)N/N=C\c2ccc(OC)cc2OC)nnc1-c1ccc(C)cc1. The van der Waals surface area contributed by atoms with Crippen molar-refractivity contribution in [3.05, 3.63) is 53.6 Å². The number of aromatic nitrogens is 3. The molecule has 0 aliphatic rings. The van der Waals surface area contributed by atoms with E-state index in [2.05, 4.69) is 20.7 Å². The first kappa shape index (κ1) is 22.4. The highest BCUT2D eigenvalue weighted by molar-refractivity contribution is 7.99. The van der Waals surface area contributed by atoms with Gasteiger partial charge in [-0.1, -0.05) is 41.6 Å². The van der Waals surface area contributed by atoms with Gasteiger partial charge in [0, 0.05) is 23.7 Å². The van der Waals surface area contributed by atoms with Crippen molar-refractivity contribution in [1.82, 2.24) is 20.2 Å². The number of thioether (sulfide) groups is 1. The fourth-order valence-electron chi connectivity index (χ4n) is 2.86. The van der Waals surface area contributed by atoms with Gasteiger partial charge in [0.05, 0.1) is 26.2 Å². The van der Waals surface area contributed by atoms with Crippen molar-refractivity contribution in [3.63, 3.8) is 0 Å². The van der Waals surface area contributed by atoms with Crippen LogP contribution >= 0.6 is 11.8 Å². The van der Waals surface area contributed by atoms with Gasteiger partial charge in [0.25, 0.3) is 5.91 Å². The Kier molecular flexibility index (Phi) is 7.66. The van der Waals surface area contributed by atoms with Gasteiger partial charge in [0.1, 0.15) is 11.5 Å². The number of amides is 1. The Morgan fingerprint density at radius 3 is 2.61 bits per heavy atom. The summed E-state index contributed by atoms with van der Waals surface area (Å²) in [7, 11) is 3.15. The van der Waals surface area contributed by atoms with E-state index in [9.17, 15) is 4.79 Å². The Balaban J connectivity index is 1.60. The molecule has 2 aromatic carbocycles. The predicted molar refractivity (Wildman–Crippen MR) is 122 cm³/mol. The Bertz CT molecular complexity index is 1060. The largest absolute Gasteiger partial charge is 0.497 e. The average molecular weight is 440 g/mol. The molecule has 0 atom stereocenters. The van der Waals surface area contributed by atoms with E-state index in [1.807, 2.05) is 42.7 Å². The van der Waals surface area contributed by atoms with Crippen molar-refractivity contribution >= 4 is 23.9 Å². The first-order valence-corrected chi connectivity index (χ1v) is 10.7. The highest BCUT2D eigenvalue weighted by Gasteiger charge is 2.14. The van der Waals surface area contributed by atoms with E-state index in [0.29, 0.717) is 23.2 Å². The van der Waals surface area contributed by atoms with Crippen LogP contribution in [-0.2, 0) is 11.3 Å². The third-order valence-corrected chi connectivity index (χ3v) is 5.48. The third-order valence-electron chi connectivity index (χ3n) is 4.51. The minimum absolute atomic E-state index is 0.170. The standard InChI is InChI=1S/C22H25N5O3S/c1-5-27-21(16-8-6-15(2)7-9-16)25-26-22(27)31-14-20(28)24-23-13-17-10-11-18(29-3)12-19(17)30-4/h6-13H,5,14H2,1-4H3,(H,24,28)/b23-13-. The maximum absolute atomic E-state index is 12.2. The second-order valence-corrected chi connectivity index (χ2v) is 7.55. The highest BCUT2D eigenvalue weighted by Crippen LogP contribution is 2.25. The first-order chi connectivity index (χ1) is 15.0. The van der Waals surface area contributed by atoms with Crippen LogP contribution in [0.3, 0.4) is 0 Å². The molecule has 0 saturated carbocycles. The molecule has 31 heavy (non-hydrogen) atoms. The van der Waals surface area contributed by atoms with Gasteiger partial charge >= 0.3 is 0 Å². The van der Waals surface area contributed by atoms with Gasteiger partial charge in [-0.3, -0.25) is 4.79 Å². The lowest BCUT2D eigenvalue weighted by Gasteiger charge is -2.08. The zero-order chi connectivity index (χ0) is 22.2. The molecule has 1 amide bonds. The molecule has 3 rings (SSSR count). The number of ether oxygens (including phenoxy) is 2. The lowest BCUT2D eigenvalue weighted by molar-refractivity contribution is -0.118. The molecule has 1 aromatic heterocycles. The molecule has 0 saturated heterocycles. The van der Waals surface area contributed by atoms with E-state index >= 15 is 0 Å². The molecule has 0 bridgehead atoms. The Hall–Kier alpha value is -3.33. The predicted octanol–water partition coefficient (Wildman–Crippen LogP) is 3.53. The van der Waals surface area contributed by atoms with E-state index in [1.54, 1.807) is 32.4 Å². The minimum Gasteiger partial charge on any atom is -0.497 e. The monoisotopic (exact) mass is 439 g/mol. The van der Waals surface area contributed by atoms with Gasteiger partial charge in [-0.15, -0.1) is 10.2 Å². The topological polar surface area (TPSA) is 90.6 Å². The molecule has 162 valence electrons. The summed E-state index contributed by atoms with van der Waals surface area (Å²) in [6.45, 7) is 4.77. The Labute approximate surface area is 185 Å². The molecule has 0 radical (unpaired) electrons. The van der Waals surface area contributed by atoms with Gasteiger partial charge in [-0.2, -0.15) is 5.10 Å². The summed E-state index contributed by atoms with van der Waals surface area (Å²) >= 11 is 1.32. The van der Waals surface area contributed by atoms with Crippen molar-refractivity contribution in [2.24, 2.45) is 5.10 Å². The molecule has 1 N–H and O–H groups in total. The maximum Gasteiger partial charge on any atom is 0.250 e. The number of hydrogen-bond acceptors (Lipinski definition) is 7. The number of hydrazone groups is 1. The van der Waals surface area contributed by atoms with Crippen molar-refractivity contribution in [2.75, 3.05) is 20.0 Å². The molecule has 9 heteroatoms. The van der Waals surface area contributed by atoms with Gasteiger partial charge in [-0.25, -0.2) is 5.43 Å². The summed E-state index contributed by atoms with van der Waals surface area (Å²) in [5, 5.41) is 13.3. The molecule has 0 aliphatic carbocycles. The lowest BCUT2D eigenvalue weighted by Crippen LogP contribution is -2.20. The summed E-state index contributed by atoms with van der Waals surface area (Å²) in [4.78, 5) is 12.2. The smallest absolute Gasteiger partial charge is 0.250 e. The number of benzene rings is 2. The molecule has 8 nitrogen and oxygen atoms in total. The second-order valence-electron chi connectivity index (χ2n) is 6.61. The van der Waals surface area contributed by atoms with Crippen LogP contribution in [-0.4, -0.2) is 46.9 Å². The summed E-state index contributed by atoms with van der Waals surface area (Å²) in [6.07, 6.45) is 1.53. The molecular weight excluding hydrogens is 414 g/mol. The fourth-order valence-corrected chi connectivity index (χ4v) is 3.65. The average Bonchev–Trinajstić information content (AvgIpc) is 3.21. The van der Waals surface area contributed by atoms with Crippen LogP contribution in [0.5, 0.6) is 11.5 Å². The van der Waals surface area contributed by atoms with E-state index in [-0.39, 0.29) is 11.7 Å². The van der Waals surface area contributed by atoms with Gasteiger partial charge in [0.15, 0.2) is 11.0 Å². The number of aryl methyl sites for hydroxylation is 1. The van der Waals surface area contributed by atoms with E-state index < -0.39 is 0 Å². The number of nitrogens with zero attached hydrogens (tertiary/aromatic N) is 4. The Morgan fingerprint density at radius 1 is 1.16 bits per heavy atom. The molecule has 0 fully saturated rings. The number of methoxy groups -OCH3 is 2. The van der Waals surface area contributed by atoms with E-state index in [0.717, 1.165) is 17.0 Å². The maximum atomic E-state index is 12.2. The molecule has 3 aromatic rings. The molecule has 1 heterocycles. The van der Waals surface area contributed by atoms with Crippen LogP contribution in [0.4, 0.5) is 0 Å². The highest BCUT2D eigenvalue weighted by atomic mass is 32.2. The van der Waals surface area contributed by atoms with Crippen molar-refractivity contribution in [2.45, 2.75) is 25.5 Å². The van der Waals surface area contributed by atoms with E-state index in [1.165, 1.54) is 23.5 Å². The molecule has 0 spiro atoms. The number of carbonyl (C=O) groups is 1. The number of carbonyl (C=O) groups excluding carboxylic acids is 1. The number of hydrogen-bond donors (Lipinski definition) is 1. The summed E-state index contributed by atoms with van der Waals surface area (Å²) in [5.74, 6) is 2.00. The quantitative estimate of drug-likeness (QED) is 0.312. The zero-order valence-corrected chi connectivity index (χ0v) is 18.8. The third kappa shape index (κ3) is 5.64. The van der Waals surface area contributed by atoms with Crippen LogP contribution in [0.25, 0.3) is 11.4 Å². The van der Waals surface area contributed by atoms with Gasteiger partial charge < -0.3 is 14.0 Å². The van der Waals surface area contributed by atoms with Crippen molar-refractivity contribution in [3.8, 4) is 22.9 Å². The van der Waals surface area contributed by atoms with Crippen LogP contribution < -0.4 is 14.9 Å². The number of nitrogens with one attached hydrogen (secondary N) is 1. The van der Waals surface area contributed by atoms with Crippen LogP contribution in [0.2, 0.25) is 0 Å². The minimum atomic E-state index is -0.240. The van der Waals surface area contributed by atoms with Gasteiger partial charge in [0.2, 0.25) is 0 Å². The second kappa shape index (κ2) is 10.6. The van der Waals surface area contributed by atoms with Crippen LogP contribution in [0.15, 0.2) is 52.7 Å². The van der Waals surface area contributed by atoms with Gasteiger partial charge in [-0.05, 0) is 26.0 Å². The van der Waals surface area contributed by atoms with Crippen LogP contribution in [0, 0.1) is 6.92 Å². The Morgan fingerprint density at radius 2 is 1.94 bits per heavy atom. The zero-order valence-electron chi connectivity index (χ0n) is 18.0. The summed E-state index contributed by atoms with van der Waals surface area (Å²) in [6, 6.07) is 13.5.